The topological polar surface area (TPSA) is 40.5 Å². The van der Waals surface area contributed by atoms with Gasteiger partial charge in [-0.1, -0.05) is 0 Å². The summed E-state index contributed by atoms with van der Waals surface area (Å²) in [6.07, 6.45) is 4.34. The number of anilines is 1. The summed E-state index contributed by atoms with van der Waals surface area (Å²) in [7, 11) is 0. The van der Waals surface area contributed by atoms with Gasteiger partial charge in [0.05, 0.1) is 5.56 Å². The summed E-state index contributed by atoms with van der Waals surface area (Å²) in [6, 6.07) is 5.78. The molecule has 0 saturated carbocycles. The van der Waals surface area contributed by atoms with E-state index >= 15 is 0 Å². The molecule has 0 aliphatic carbocycles. The molecule has 1 heterocycles. The van der Waals surface area contributed by atoms with Crippen molar-refractivity contribution in [1.29, 1.82) is 0 Å². The molecule has 0 bridgehead atoms. The molecule has 1 aliphatic rings. The van der Waals surface area contributed by atoms with E-state index in [4.69, 9.17) is 0 Å². The van der Waals surface area contributed by atoms with Crippen LogP contribution < -0.4 is 4.90 Å². The summed E-state index contributed by atoms with van der Waals surface area (Å²) >= 11 is 0. The average Bonchev–Trinajstić information content (AvgIpc) is 2.29. The van der Waals surface area contributed by atoms with Gasteiger partial charge < -0.3 is 10.0 Å². The predicted octanol–water partition coefficient (Wildman–Crippen LogP) is 2.58. The molecular formula is C13H17NO2. The van der Waals surface area contributed by atoms with Gasteiger partial charge in [-0.2, -0.15) is 0 Å². The Hall–Kier alpha value is -1.51. The van der Waals surface area contributed by atoms with Gasteiger partial charge in [-0.05, 0) is 38.3 Å². The summed E-state index contributed by atoms with van der Waals surface area (Å²) < 4.78 is 0. The highest BCUT2D eigenvalue weighted by Crippen LogP contribution is 2.28. The quantitative estimate of drug-likeness (QED) is 0.777. The van der Waals surface area contributed by atoms with Crippen LogP contribution in [0, 0.1) is 0 Å². The average molecular weight is 219 g/mol. The molecule has 1 aromatic carbocycles. The van der Waals surface area contributed by atoms with Gasteiger partial charge in [0.1, 0.15) is 5.75 Å². The zero-order valence-corrected chi connectivity index (χ0v) is 9.52. The Morgan fingerprint density at radius 2 is 2.25 bits per heavy atom. The van der Waals surface area contributed by atoms with Crippen molar-refractivity contribution in [3.8, 4) is 5.75 Å². The van der Waals surface area contributed by atoms with Gasteiger partial charge in [0.2, 0.25) is 0 Å². The molecule has 1 aromatic rings. The van der Waals surface area contributed by atoms with Crippen LogP contribution in [0.15, 0.2) is 18.2 Å². The predicted molar refractivity (Wildman–Crippen MR) is 64.2 cm³/mol. The molecule has 3 heteroatoms. The van der Waals surface area contributed by atoms with Crippen LogP contribution in [0.3, 0.4) is 0 Å². The second kappa shape index (κ2) is 4.56. The lowest BCUT2D eigenvalue weighted by Gasteiger charge is -2.35. The van der Waals surface area contributed by atoms with Crippen LogP contribution in [0.25, 0.3) is 0 Å². The Labute approximate surface area is 95.7 Å². The number of phenolic OH excluding ortho intramolecular Hbond substituents is 1. The molecule has 1 fully saturated rings. The number of piperidine rings is 1. The minimum atomic E-state index is 0.0743. The Kier molecular flexibility index (Phi) is 3.13. The van der Waals surface area contributed by atoms with E-state index in [9.17, 15) is 9.90 Å². The van der Waals surface area contributed by atoms with Crippen LogP contribution in [0.4, 0.5) is 5.69 Å². The van der Waals surface area contributed by atoms with Gasteiger partial charge in [0, 0.05) is 24.3 Å². The van der Waals surface area contributed by atoms with Gasteiger partial charge in [-0.25, -0.2) is 0 Å². The number of hydrogen-bond acceptors (Lipinski definition) is 3. The largest absolute Gasteiger partial charge is 0.507 e. The third kappa shape index (κ3) is 2.03. The Morgan fingerprint density at radius 3 is 2.88 bits per heavy atom. The van der Waals surface area contributed by atoms with E-state index in [1.165, 1.54) is 19.3 Å². The zero-order chi connectivity index (χ0) is 11.5. The summed E-state index contributed by atoms with van der Waals surface area (Å²) in [5.41, 5.74) is 1.36. The Balaban J connectivity index is 2.26. The number of nitrogens with zero attached hydrogens (tertiary/aromatic N) is 1. The number of aromatic hydroxyl groups is 1. The molecule has 0 aromatic heterocycles. The Bertz CT molecular complexity index is 390. The summed E-state index contributed by atoms with van der Waals surface area (Å²) in [6.45, 7) is 3.23. The summed E-state index contributed by atoms with van der Waals surface area (Å²) in [4.78, 5) is 12.9. The van der Waals surface area contributed by atoms with E-state index in [-0.39, 0.29) is 5.75 Å². The number of phenols is 1. The molecule has 1 saturated heterocycles. The monoisotopic (exact) mass is 219 g/mol. The van der Waals surface area contributed by atoms with Crippen LogP contribution in [-0.2, 0) is 0 Å². The first-order chi connectivity index (χ1) is 7.72. The van der Waals surface area contributed by atoms with E-state index in [1.807, 2.05) is 6.07 Å². The van der Waals surface area contributed by atoms with E-state index in [0.717, 1.165) is 12.2 Å². The number of benzene rings is 1. The molecular weight excluding hydrogens is 202 g/mol. The number of aldehydes is 1. The fourth-order valence-electron chi connectivity index (χ4n) is 2.29. The van der Waals surface area contributed by atoms with Crippen molar-refractivity contribution in [2.75, 3.05) is 11.4 Å². The van der Waals surface area contributed by atoms with Gasteiger partial charge >= 0.3 is 0 Å². The van der Waals surface area contributed by atoms with Gasteiger partial charge in [-0.15, -0.1) is 0 Å². The minimum absolute atomic E-state index is 0.0743. The molecule has 16 heavy (non-hydrogen) atoms. The van der Waals surface area contributed by atoms with Crippen LogP contribution >= 0.6 is 0 Å². The molecule has 0 amide bonds. The first kappa shape index (κ1) is 11.0. The van der Waals surface area contributed by atoms with Crippen molar-refractivity contribution < 1.29 is 9.90 Å². The lowest BCUT2D eigenvalue weighted by molar-refractivity contribution is 0.112. The lowest BCUT2D eigenvalue weighted by Crippen LogP contribution is -2.37. The van der Waals surface area contributed by atoms with Crippen LogP contribution in [-0.4, -0.2) is 24.0 Å². The van der Waals surface area contributed by atoms with E-state index in [2.05, 4.69) is 11.8 Å². The van der Waals surface area contributed by atoms with Crippen LogP contribution in [0.2, 0.25) is 0 Å². The maximum atomic E-state index is 10.6. The second-order valence-corrected chi connectivity index (χ2v) is 4.40. The van der Waals surface area contributed by atoms with Gasteiger partial charge in [-0.3, -0.25) is 4.79 Å². The Morgan fingerprint density at radius 1 is 1.44 bits per heavy atom. The smallest absolute Gasteiger partial charge is 0.153 e. The fraction of sp³-hybridized carbons (Fsp3) is 0.462. The standard InChI is InChI=1S/C13H17NO2/c1-10-4-2-3-7-14(10)12-6-5-11(9-15)13(16)8-12/h5-6,8-10,16H,2-4,7H2,1H3. The van der Waals surface area contributed by atoms with Crippen molar-refractivity contribution in [3.05, 3.63) is 23.8 Å². The molecule has 2 rings (SSSR count). The molecule has 86 valence electrons. The highest BCUT2D eigenvalue weighted by atomic mass is 16.3. The number of rotatable bonds is 2. The second-order valence-electron chi connectivity index (χ2n) is 4.40. The molecule has 0 spiro atoms. The van der Waals surface area contributed by atoms with Gasteiger partial charge in [0.15, 0.2) is 6.29 Å². The summed E-state index contributed by atoms with van der Waals surface area (Å²) in [5, 5.41) is 9.65. The van der Waals surface area contributed by atoms with Crippen molar-refractivity contribution in [1.82, 2.24) is 0 Å². The first-order valence-corrected chi connectivity index (χ1v) is 5.77. The molecule has 1 atom stereocenters. The number of carbonyl (C=O) groups is 1. The van der Waals surface area contributed by atoms with E-state index in [0.29, 0.717) is 17.9 Å². The normalized spacial score (nSPS) is 20.8. The number of carbonyl (C=O) groups excluding carboxylic acids is 1. The van der Waals surface area contributed by atoms with Gasteiger partial charge in [0.25, 0.3) is 0 Å². The molecule has 1 aliphatic heterocycles. The third-order valence-electron chi connectivity index (χ3n) is 3.28. The van der Waals surface area contributed by atoms with E-state index < -0.39 is 0 Å². The highest BCUT2D eigenvalue weighted by Gasteiger charge is 2.19. The zero-order valence-electron chi connectivity index (χ0n) is 9.52. The first-order valence-electron chi connectivity index (χ1n) is 5.77. The highest BCUT2D eigenvalue weighted by molar-refractivity contribution is 5.80. The van der Waals surface area contributed by atoms with Crippen molar-refractivity contribution in [2.24, 2.45) is 0 Å². The lowest BCUT2D eigenvalue weighted by atomic mass is 10.0. The molecule has 0 radical (unpaired) electrons. The molecule has 3 nitrogen and oxygen atoms in total. The summed E-state index contributed by atoms with van der Waals surface area (Å²) in [5.74, 6) is 0.0743. The van der Waals surface area contributed by atoms with Crippen LogP contribution in [0.5, 0.6) is 5.75 Å². The molecule has 1 N–H and O–H groups in total. The van der Waals surface area contributed by atoms with E-state index in [1.54, 1.807) is 12.1 Å². The van der Waals surface area contributed by atoms with Crippen molar-refractivity contribution in [3.63, 3.8) is 0 Å². The fourth-order valence-corrected chi connectivity index (χ4v) is 2.29. The third-order valence-corrected chi connectivity index (χ3v) is 3.28. The SMILES string of the molecule is CC1CCCCN1c1ccc(C=O)c(O)c1. The molecule has 1 unspecified atom stereocenters. The number of hydrogen-bond donors (Lipinski definition) is 1. The minimum Gasteiger partial charge on any atom is -0.507 e. The van der Waals surface area contributed by atoms with Crippen LogP contribution in [0.1, 0.15) is 36.5 Å². The maximum absolute atomic E-state index is 10.6. The maximum Gasteiger partial charge on any atom is 0.153 e. The van der Waals surface area contributed by atoms with Crippen molar-refractivity contribution in [2.45, 2.75) is 32.2 Å². The van der Waals surface area contributed by atoms with Crippen molar-refractivity contribution >= 4 is 12.0 Å².